The van der Waals surface area contributed by atoms with Gasteiger partial charge < -0.3 is 5.11 Å². The van der Waals surface area contributed by atoms with Gasteiger partial charge in [-0.05, 0) is 50.0 Å². The van der Waals surface area contributed by atoms with E-state index < -0.39 is 5.97 Å². The zero-order chi connectivity index (χ0) is 16.6. The van der Waals surface area contributed by atoms with Crippen LogP contribution in [0.15, 0.2) is 0 Å². The van der Waals surface area contributed by atoms with Crippen molar-refractivity contribution >= 4 is 5.97 Å². The van der Waals surface area contributed by atoms with Gasteiger partial charge in [0.15, 0.2) is 0 Å². The Morgan fingerprint density at radius 1 is 1.14 bits per heavy atom. The second-order valence-electron chi connectivity index (χ2n) is 9.10. The first-order valence-electron chi connectivity index (χ1n) is 8.30. The molecule has 0 aliphatic heterocycles. The molecule has 0 saturated heterocycles. The molecule has 4 atom stereocenters. The normalized spacial score (nSPS) is 29.5. The van der Waals surface area contributed by atoms with Crippen molar-refractivity contribution in [1.82, 2.24) is 4.90 Å². The molecule has 1 N–H and O–H groups in total. The number of carbonyl (C=O) groups is 1. The molecule has 0 aromatic rings. The lowest BCUT2D eigenvalue weighted by Crippen LogP contribution is -2.53. The lowest BCUT2D eigenvalue weighted by Gasteiger charge is -2.48. The van der Waals surface area contributed by atoms with E-state index in [1.54, 1.807) is 0 Å². The number of rotatable bonds is 3. The zero-order valence-electron chi connectivity index (χ0n) is 15.2. The lowest BCUT2D eigenvalue weighted by molar-refractivity contribution is -0.147. The summed E-state index contributed by atoms with van der Waals surface area (Å²) < 4.78 is 0. The van der Waals surface area contributed by atoms with Crippen LogP contribution in [-0.2, 0) is 4.79 Å². The average molecular weight is 297 g/mol. The fraction of sp³-hybridized carbons (Fsp3) is 0.944. The van der Waals surface area contributed by atoms with E-state index in [1.807, 2.05) is 0 Å². The van der Waals surface area contributed by atoms with Crippen LogP contribution in [0.1, 0.15) is 67.7 Å². The van der Waals surface area contributed by atoms with Gasteiger partial charge in [-0.25, -0.2) is 0 Å². The van der Waals surface area contributed by atoms with Crippen LogP contribution in [0, 0.1) is 22.7 Å². The summed E-state index contributed by atoms with van der Waals surface area (Å²) in [6.07, 6.45) is 2.84. The predicted molar refractivity (Wildman–Crippen MR) is 88.4 cm³/mol. The Labute approximate surface area is 131 Å². The molecule has 3 nitrogen and oxygen atoms in total. The van der Waals surface area contributed by atoms with Gasteiger partial charge in [-0.3, -0.25) is 9.69 Å². The minimum absolute atomic E-state index is 0.148. The van der Waals surface area contributed by atoms with Gasteiger partial charge >= 0.3 is 5.97 Å². The molecule has 0 aromatic carbocycles. The highest BCUT2D eigenvalue weighted by atomic mass is 16.4. The van der Waals surface area contributed by atoms with E-state index in [-0.39, 0.29) is 22.8 Å². The first-order valence-corrected chi connectivity index (χ1v) is 8.30. The maximum Gasteiger partial charge on any atom is 0.308 e. The maximum absolute atomic E-state index is 11.7. The minimum atomic E-state index is -0.625. The van der Waals surface area contributed by atoms with Gasteiger partial charge in [-0.2, -0.15) is 0 Å². The van der Waals surface area contributed by atoms with Crippen molar-refractivity contribution in [2.45, 2.75) is 79.8 Å². The number of aliphatic carboxylic acids is 1. The fourth-order valence-electron chi connectivity index (χ4n) is 3.57. The fourth-order valence-corrected chi connectivity index (χ4v) is 3.57. The van der Waals surface area contributed by atoms with E-state index in [0.717, 1.165) is 19.3 Å². The molecule has 0 aromatic heterocycles. The number of hydrogen-bond acceptors (Lipinski definition) is 2. The third-order valence-corrected chi connectivity index (χ3v) is 5.75. The molecule has 1 saturated carbocycles. The molecule has 21 heavy (non-hydrogen) atoms. The van der Waals surface area contributed by atoms with Gasteiger partial charge in [-0.1, -0.05) is 41.5 Å². The number of carboxylic acid groups (broad SMARTS) is 1. The molecule has 0 heterocycles. The minimum Gasteiger partial charge on any atom is -0.481 e. The van der Waals surface area contributed by atoms with Crippen LogP contribution >= 0.6 is 0 Å². The summed E-state index contributed by atoms with van der Waals surface area (Å²) in [7, 11) is 2.11. The van der Waals surface area contributed by atoms with E-state index in [1.165, 1.54) is 0 Å². The highest BCUT2D eigenvalue weighted by Gasteiger charge is 2.42. The Bertz CT molecular complexity index is 352. The van der Waals surface area contributed by atoms with Crippen LogP contribution in [0.5, 0.6) is 0 Å². The van der Waals surface area contributed by atoms with Crippen LogP contribution in [-0.4, -0.2) is 35.1 Å². The smallest absolute Gasteiger partial charge is 0.308 e. The van der Waals surface area contributed by atoms with Gasteiger partial charge in [0.05, 0.1) is 5.92 Å². The second kappa shape index (κ2) is 6.28. The van der Waals surface area contributed by atoms with E-state index in [2.05, 4.69) is 60.4 Å². The SMILES string of the molecule is CC(N(C)C1CC(C(C)(C)C)CCC1C(=O)O)C(C)(C)C. The lowest BCUT2D eigenvalue weighted by atomic mass is 9.67. The number of carboxylic acids is 1. The van der Waals surface area contributed by atoms with Gasteiger partial charge in [0.2, 0.25) is 0 Å². The van der Waals surface area contributed by atoms with Crippen molar-refractivity contribution < 1.29 is 9.90 Å². The summed E-state index contributed by atoms with van der Waals surface area (Å²) in [5.74, 6) is -0.244. The molecule has 0 radical (unpaired) electrons. The summed E-state index contributed by atoms with van der Waals surface area (Å²) in [5.41, 5.74) is 0.417. The highest BCUT2D eigenvalue weighted by Crippen LogP contribution is 2.42. The molecule has 0 amide bonds. The first kappa shape index (κ1) is 18.5. The van der Waals surface area contributed by atoms with Gasteiger partial charge in [0, 0.05) is 12.1 Å². The molecule has 124 valence electrons. The molecular formula is C18H35NO2. The standard InChI is InChI=1S/C18H35NO2/c1-12(17(2,3)4)19(8)15-11-13(18(5,6)7)9-10-14(15)16(20)21/h12-15H,9-11H2,1-8H3,(H,20,21). The molecule has 1 fully saturated rings. The topological polar surface area (TPSA) is 40.5 Å². The van der Waals surface area contributed by atoms with Crippen LogP contribution < -0.4 is 0 Å². The van der Waals surface area contributed by atoms with Crippen molar-refractivity contribution in [1.29, 1.82) is 0 Å². The highest BCUT2D eigenvalue weighted by molar-refractivity contribution is 5.71. The number of hydrogen-bond donors (Lipinski definition) is 1. The van der Waals surface area contributed by atoms with Gasteiger partial charge in [0.25, 0.3) is 0 Å². The van der Waals surface area contributed by atoms with Crippen molar-refractivity contribution in [2.75, 3.05) is 7.05 Å². The first-order chi connectivity index (χ1) is 9.35. The Hall–Kier alpha value is -0.570. The second-order valence-corrected chi connectivity index (χ2v) is 9.10. The Kier molecular flexibility index (Phi) is 5.52. The quantitative estimate of drug-likeness (QED) is 0.845. The third kappa shape index (κ3) is 4.45. The van der Waals surface area contributed by atoms with Gasteiger partial charge in [-0.15, -0.1) is 0 Å². The molecule has 1 aliphatic rings. The largest absolute Gasteiger partial charge is 0.481 e. The molecule has 3 heteroatoms. The van der Waals surface area contributed by atoms with Crippen molar-refractivity contribution in [2.24, 2.45) is 22.7 Å². The molecular weight excluding hydrogens is 262 g/mol. The summed E-state index contributed by atoms with van der Waals surface area (Å²) in [5, 5.41) is 9.60. The average Bonchev–Trinajstić information content (AvgIpc) is 2.33. The molecule has 4 unspecified atom stereocenters. The summed E-state index contributed by atoms with van der Waals surface area (Å²) >= 11 is 0. The van der Waals surface area contributed by atoms with E-state index in [9.17, 15) is 9.90 Å². The molecule has 1 aliphatic carbocycles. The van der Waals surface area contributed by atoms with Crippen molar-refractivity contribution in [3.05, 3.63) is 0 Å². The Morgan fingerprint density at radius 3 is 2.05 bits per heavy atom. The van der Waals surface area contributed by atoms with Crippen LogP contribution in [0.25, 0.3) is 0 Å². The molecule has 0 spiro atoms. The predicted octanol–water partition coefficient (Wildman–Crippen LogP) is 4.27. The third-order valence-electron chi connectivity index (χ3n) is 5.75. The van der Waals surface area contributed by atoms with Crippen molar-refractivity contribution in [3.8, 4) is 0 Å². The number of nitrogens with zero attached hydrogens (tertiary/aromatic N) is 1. The van der Waals surface area contributed by atoms with Crippen LogP contribution in [0.2, 0.25) is 0 Å². The zero-order valence-corrected chi connectivity index (χ0v) is 15.2. The van der Waals surface area contributed by atoms with Gasteiger partial charge in [0.1, 0.15) is 0 Å². The Morgan fingerprint density at radius 2 is 1.67 bits per heavy atom. The molecule has 1 rings (SSSR count). The van der Waals surface area contributed by atoms with Crippen LogP contribution in [0.4, 0.5) is 0 Å². The monoisotopic (exact) mass is 297 g/mol. The van der Waals surface area contributed by atoms with E-state index in [4.69, 9.17) is 0 Å². The van der Waals surface area contributed by atoms with Crippen LogP contribution in [0.3, 0.4) is 0 Å². The Balaban J connectivity index is 2.98. The van der Waals surface area contributed by atoms with E-state index >= 15 is 0 Å². The molecule has 0 bridgehead atoms. The van der Waals surface area contributed by atoms with Crippen molar-refractivity contribution in [3.63, 3.8) is 0 Å². The van der Waals surface area contributed by atoms with E-state index in [0.29, 0.717) is 12.0 Å². The summed E-state index contributed by atoms with van der Waals surface area (Å²) in [4.78, 5) is 14.0. The summed E-state index contributed by atoms with van der Waals surface area (Å²) in [6, 6.07) is 0.512. The maximum atomic E-state index is 11.7. The summed E-state index contributed by atoms with van der Waals surface area (Å²) in [6.45, 7) is 15.8.